The molecule has 3 heterocycles. The zero-order chi connectivity index (χ0) is 20.6. The van der Waals surface area contributed by atoms with Crippen LogP contribution in [0.5, 0.6) is 0 Å². The smallest absolute Gasteiger partial charge is 0.264 e. The number of halogens is 1. The molecule has 1 aromatic carbocycles. The summed E-state index contributed by atoms with van der Waals surface area (Å²) in [6.45, 7) is 0. The summed E-state index contributed by atoms with van der Waals surface area (Å²) < 4.78 is 38.4. The van der Waals surface area contributed by atoms with Gasteiger partial charge < -0.3 is 0 Å². The molecule has 4 rings (SSSR count). The molecule has 0 fully saturated rings. The molecule has 9 nitrogen and oxygen atoms in total. The predicted molar refractivity (Wildman–Crippen MR) is 102 cm³/mol. The average Bonchev–Trinajstić information content (AvgIpc) is 3.14. The van der Waals surface area contributed by atoms with E-state index in [9.17, 15) is 17.6 Å². The highest BCUT2D eigenvalue weighted by Crippen LogP contribution is 2.31. The molecule has 0 aliphatic heterocycles. The molecule has 4 aromatic rings. The van der Waals surface area contributed by atoms with E-state index >= 15 is 0 Å². The van der Waals surface area contributed by atoms with Crippen LogP contribution in [0.3, 0.4) is 0 Å². The van der Waals surface area contributed by atoms with Crippen molar-refractivity contribution in [3.63, 3.8) is 0 Å². The summed E-state index contributed by atoms with van der Waals surface area (Å²) in [6.07, 6.45) is 3.94. The van der Waals surface area contributed by atoms with E-state index in [2.05, 4.69) is 25.3 Å². The maximum absolute atomic E-state index is 13.4. The third-order valence-electron chi connectivity index (χ3n) is 3.97. The molecule has 3 aromatic heterocycles. The molecular weight excluding hydrogens is 399 g/mol. The van der Waals surface area contributed by atoms with E-state index in [-0.39, 0.29) is 10.7 Å². The number of rotatable bonds is 4. The van der Waals surface area contributed by atoms with Crippen molar-refractivity contribution in [2.75, 3.05) is 6.26 Å². The van der Waals surface area contributed by atoms with Crippen molar-refractivity contribution in [3.8, 4) is 28.3 Å². The fourth-order valence-corrected chi connectivity index (χ4v) is 3.15. The predicted octanol–water partition coefficient (Wildman–Crippen LogP) is 1.62. The molecule has 0 saturated heterocycles. The van der Waals surface area contributed by atoms with Crippen molar-refractivity contribution >= 4 is 9.84 Å². The third kappa shape index (κ3) is 3.80. The Morgan fingerprint density at radius 3 is 2.48 bits per heavy atom. The topological polar surface area (TPSA) is 123 Å². The third-order valence-corrected chi connectivity index (χ3v) is 4.83. The lowest BCUT2D eigenvalue weighted by Crippen LogP contribution is -2.09. The number of H-pyrrole nitrogens is 1. The number of nitrogens with zero attached hydrogens (tertiary/aromatic N) is 5. The maximum Gasteiger partial charge on any atom is 0.264 e. The van der Waals surface area contributed by atoms with E-state index in [1.165, 1.54) is 35.1 Å². The quantitative estimate of drug-likeness (QED) is 0.505. The average molecular weight is 412 g/mol. The summed E-state index contributed by atoms with van der Waals surface area (Å²) in [5.74, 6) is -0.0740. The van der Waals surface area contributed by atoms with Gasteiger partial charge in [0.1, 0.15) is 11.5 Å². The maximum atomic E-state index is 13.4. The summed E-state index contributed by atoms with van der Waals surface area (Å²) in [4.78, 5) is 19.2. The largest absolute Gasteiger partial charge is 0.268 e. The molecule has 0 spiro atoms. The van der Waals surface area contributed by atoms with Gasteiger partial charge >= 0.3 is 0 Å². The Balaban J connectivity index is 1.93. The highest BCUT2D eigenvalue weighted by molar-refractivity contribution is 7.90. The van der Waals surface area contributed by atoms with Crippen molar-refractivity contribution in [1.29, 1.82) is 0 Å². The molecule has 146 valence electrons. The lowest BCUT2D eigenvalue weighted by molar-refractivity contribution is 0.593. The van der Waals surface area contributed by atoms with E-state index in [4.69, 9.17) is 0 Å². The summed E-state index contributed by atoms with van der Waals surface area (Å²) in [6, 6.07) is 9.99. The Morgan fingerprint density at radius 2 is 1.83 bits per heavy atom. The Morgan fingerprint density at radius 1 is 1.07 bits per heavy atom. The lowest BCUT2D eigenvalue weighted by atomic mass is 10.1. The van der Waals surface area contributed by atoms with Crippen LogP contribution in [0.25, 0.3) is 28.3 Å². The molecule has 0 unspecified atom stereocenters. The minimum absolute atomic E-state index is 0.315. The number of benzene rings is 1. The Hall–Kier alpha value is -3.73. The molecule has 0 saturated carbocycles. The summed E-state index contributed by atoms with van der Waals surface area (Å²) in [7, 11) is -3.62. The minimum atomic E-state index is -3.62. The van der Waals surface area contributed by atoms with Crippen LogP contribution in [0.1, 0.15) is 0 Å². The molecule has 0 amide bonds. The number of hydrogen-bond donors (Lipinski definition) is 1. The zero-order valence-corrected chi connectivity index (χ0v) is 15.8. The molecule has 1 N–H and O–H groups in total. The van der Waals surface area contributed by atoms with Gasteiger partial charge in [0.05, 0.1) is 5.69 Å². The Bertz CT molecular complexity index is 1340. The van der Waals surface area contributed by atoms with E-state index in [1.807, 2.05) is 0 Å². The SMILES string of the molecule is CS(=O)(=O)c1nccc(-c2cn(-c3ccc(=O)[nH]n3)nc2-c2ccc(F)cc2)n1. The first kappa shape index (κ1) is 18.6. The van der Waals surface area contributed by atoms with Gasteiger partial charge in [-0.25, -0.2) is 32.6 Å². The summed E-state index contributed by atoms with van der Waals surface area (Å²) in [5, 5.41) is 10.4. The van der Waals surface area contributed by atoms with Crippen LogP contribution in [0, 0.1) is 5.82 Å². The van der Waals surface area contributed by atoms with Gasteiger partial charge in [0.25, 0.3) is 5.56 Å². The van der Waals surface area contributed by atoms with Crippen LogP contribution in [0.4, 0.5) is 4.39 Å². The molecule has 11 heteroatoms. The monoisotopic (exact) mass is 412 g/mol. The van der Waals surface area contributed by atoms with Gasteiger partial charge in [0.2, 0.25) is 15.0 Å². The first-order valence-corrected chi connectivity index (χ1v) is 10.2. The number of sulfone groups is 1. The lowest BCUT2D eigenvalue weighted by Gasteiger charge is -2.03. The van der Waals surface area contributed by atoms with Crippen LogP contribution in [0.2, 0.25) is 0 Å². The van der Waals surface area contributed by atoms with Gasteiger partial charge in [0, 0.05) is 35.8 Å². The van der Waals surface area contributed by atoms with Crippen molar-refractivity contribution in [2.45, 2.75) is 5.16 Å². The molecule has 0 radical (unpaired) electrons. The first-order chi connectivity index (χ1) is 13.8. The van der Waals surface area contributed by atoms with Gasteiger partial charge in [-0.3, -0.25) is 4.79 Å². The van der Waals surface area contributed by atoms with Gasteiger partial charge in [-0.1, -0.05) is 0 Å². The molecule has 0 aliphatic carbocycles. The first-order valence-electron chi connectivity index (χ1n) is 8.26. The molecule has 0 atom stereocenters. The zero-order valence-electron chi connectivity index (χ0n) is 14.9. The highest BCUT2D eigenvalue weighted by atomic mass is 32.2. The van der Waals surface area contributed by atoms with Crippen LogP contribution >= 0.6 is 0 Å². The van der Waals surface area contributed by atoms with Gasteiger partial charge in [0.15, 0.2) is 5.82 Å². The number of nitrogens with one attached hydrogen (secondary N) is 1. The minimum Gasteiger partial charge on any atom is -0.268 e. The molecule has 0 aliphatic rings. The van der Waals surface area contributed by atoms with Gasteiger partial charge in [-0.05, 0) is 36.4 Å². The Labute approximate surface area is 163 Å². The Kier molecular flexibility index (Phi) is 4.51. The molecular formula is C18H13FN6O3S. The second-order valence-electron chi connectivity index (χ2n) is 6.12. The van der Waals surface area contributed by atoms with Gasteiger partial charge in [-0.15, -0.1) is 0 Å². The fourth-order valence-electron chi connectivity index (χ4n) is 2.63. The van der Waals surface area contributed by atoms with Gasteiger partial charge in [-0.2, -0.15) is 10.2 Å². The van der Waals surface area contributed by atoms with Crippen LogP contribution < -0.4 is 5.56 Å². The second-order valence-corrected chi connectivity index (χ2v) is 8.03. The van der Waals surface area contributed by atoms with E-state index in [0.717, 1.165) is 6.26 Å². The molecule has 29 heavy (non-hydrogen) atoms. The van der Waals surface area contributed by atoms with Crippen LogP contribution in [-0.2, 0) is 9.84 Å². The van der Waals surface area contributed by atoms with E-state index < -0.39 is 15.7 Å². The highest BCUT2D eigenvalue weighted by Gasteiger charge is 2.19. The van der Waals surface area contributed by atoms with Crippen LogP contribution in [-0.4, -0.2) is 44.6 Å². The normalized spacial score (nSPS) is 11.5. The van der Waals surface area contributed by atoms with Crippen molar-refractivity contribution in [1.82, 2.24) is 29.9 Å². The summed E-state index contributed by atoms with van der Waals surface area (Å²) >= 11 is 0. The molecule has 0 bridgehead atoms. The van der Waals surface area contributed by atoms with E-state index in [1.54, 1.807) is 24.4 Å². The number of aromatic amines is 1. The van der Waals surface area contributed by atoms with Crippen molar-refractivity contribution in [3.05, 3.63) is 71.0 Å². The van der Waals surface area contributed by atoms with Crippen molar-refractivity contribution in [2.24, 2.45) is 0 Å². The number of hydrogen-bond acceptors (Lipinski definition) is 7. The van der Waals surface area contributed by atoms with Crippen LogP contribution in [0.15, 0.2) is 64.8 Å². The summed E-state index contributed by atoms with van der Waals surface area (Å²) in [5.41, 5.74) is 1.45. The standard InChI is InChI=1S/C18H13FN6O3S/c1-29(27,28)18-20-9-8-14(21-18)13-10-25(15-6-7-16(26)23-22-15)24-17(13)11-2-4-12(19)5-3-11/h2-10H,1H3,(H,23,26). The van der Waals surface area contributed by atoms with Crippen molar-refractivity contribution < 1.29 is 12.8 Å². The second kappa shape index (κ2) is 7.02. The number of aromatic nitrogens is 6. The fraction of sp³-hybridized carbons (Fsp3) is 0.0556. The van der Waals surface area contributed by atoms with E-state index in [0.29, 0.717) is 28.3 Å².